The van der Waals surface area contributed by atoms with Gasteiger partial charge >= 0.3 is 0 Å². The molecule has 0 spiro atoms. The molecule has 1 amide bonds. The first-order valence-electron chi connectivity index (χ1n) is 9.11. The summed E-state index contributed by atoms with van der Waals surface area (Å²) in [5, 5.41) is 2.91. The molecule has 138 valence electrons. The Morgan fingerprint density at radius 1 is 1.12 bits per heavy atom. The number of rotatable bonds is 7. The van der Waals surface area contributed by atoms with Gasteiger partial charge < -0.3 is 14.8 Å². The van der Waals surface area contributed by atoms with Gasteiger partial charge in [-0.25, -0.2) is 0 Å². The predicted octanol–water partition coefficient (Wildman–Crippen LogP) is 3.84. The molecule has 1 N–H and O–H groups in total. The number of benzene rings is 2. The molecule has 1 unspecified atom stereocenters. The van der Waals surface area contributed by atoms with Crippen LogP contribution < -0.4 is 10.1 Å². The van der Waals surface area contributed by atoms with Crippen molar-refractivity contribution in [3.63, 3.8) is 0 Å². The third-order valence-corrected chi connectivity index (χ3v) is 4.62. The lowest BCUT2D eigenvalue weighted by atomic mass is 9.90. The van der Waals surface area contributed by atoms with Crippen molar-refractivity contribution in [1.29, 1.82) is 0 Å². The fraction of sp³-hybridized carbons (Fsp3) is 0.409. The highest BCUT2D eigenvalue weighted by Crippen LogP contribution is 2.28. The Morgan fingerprint density at radius 3 is 2.19 bits per heavy atom. The summed E-state index contributed by atoms with van der Waals surface area (Å²) < 4.78 is 11.1. The number of carbonyl (C=O) groups excluding carboxylic acids is 1. The van der Waals surface area contributed by atoms with Gasteiger partial charge in [0, 0.05) is 18.4 Å². The van der Waals surface area contributed by atoms with Gasteiger partial charge in [0.2, 0.25) is 5.91 Å². The zero-order valence-electron chi connectivity index (χ0n) is 15.7. The molecule has 1 aliphatic rings. The maximum atomic E-state index is 11.1. The molecular formula is C22H27NO3. The Kier molecular flexibility index (Phi) is 5.62. The van der Waals surface area contributed by atoms with Crippen molar-refractivity contribution in [1.82, 2.24) is 5.32 Å². The van der Waals surface area contributed by atoms with E-state index in [-0.39, 0.29) is 17.4 Å². The lowest BCUT2D eigenvalue weighted by Gasteiger charge is -2.37. The molecule has 2 aromatic rings. The minimum absolute atomic E-state index is 0.00950. The molecule has 0 aromatic heterocycles. The molecule has 2 aromatic carbocycles. The van der Waals surface area contributed by atoms with E-state index in [0.717, 1.165) is 30.9 Å². The van der Waals surface area contributed by atoms with Gasteiger partial charge in [-0.2, -0.15) is 0 Å². The van der Waals surface area contributed by atoms with E-state index in [9.17, 15) is 4.79 Å². The van der Waals surface area contributed by atoms with E-state index in [4.69, 9.17) is 9.47 Å². The minimum Gasteiger partial charge on any atom is -0.493 e. The van der Waals surface area contributed by atoms with Crippen molar-refractivity contribution in [2.75, 3.05) is 19.8 Å². The standard InChI is InChI=1S/C22H27NO3/c1-16(23-17(2)24)12-18-4-6-19(7-5-18)20-8-10-21(11-9-20)26-15-22(3)13-25-14-22/h4-11,16H,12-15H2,1-3H3,(H,23,24). The third-order valence-electron chi connectivity index (χ3n) is 4.62. The number of nitrogens with one attached hydrogen (secondary N) is 1. The van der Waals surface area contributed by atoms with Crippen LogP contribution in [0.15, 0.2) is 48.5 Å². The molecule has 4 nitrogen and oxygen atoms in total. The summed E-state index contributed by atoms with van der Waals surface area (Å²) in [6.07, 6.45) is 0.828. The van der Waals surface area contributed by atoms with E-state index in [1.54, 1.807) is 6.92 Å². The fourth-order valence-electron chi connectivity index (χ4n) is 3.12. The number of amides is 1. The van der Waals surface area contributed by atoms with Gasteiger partial charge in [-0.1, -0.05) is 43.3 Å². The monoisotopic (exact) mass is 353 g/mol. The molecule has 1 fully saturated rings. The van der Waals surface area contributed by atoms with Crippen LogP contribution in [0.2, 0.25) is 0 Å². The highest BCUT2D eigenvalue weighted by Gasteiger charge is 2.34. The highest BCUT2D eigenvalue weighted by atomic mass is 16.5. The number of carbonyl (C=O) groups is 1. The zero-order chi connectivity index (χ0) is 18.6. The average molecular weight is 353 g/mol. The first-order valence-corrected chi connectivity index (χ1v) is 9.11. The van der Waals surface area contributed by atoms with Gasteiger partial charge in [0.15, 0.2) is 0 Å². The predicted molar refractivity (Wildman–Crippen MR) is 103 cm³/mol. The Morgan fingerprint density at radius 2 is 1.69 bits per heavy atom. The van der Waals surface area contributed by atoms with Crippen LogP contribution in [0.1, 0.15) is 26.3 Å². The molecule has 1 heterocycles. The van der Waals surface area contributed by atoms with E-state index >= 15 is 0 Å². The minimum atomic E-state index is 0.00950. The van der Waals surface area contributed by atoms with Gasteiger partial charge in [0.25, 0.3) is 0 Å². The van der Waals surface area contributed by atoms with Crippen LogP contribution in [-0.4, -0.2) is 31.8 Å². The van der Waals surface area contributed by atoms with Gasteiger partial charge in [-0.15, -0.1) is 0 Å². The Hall–Kier alpha value is -2.33. The third kappa shape index (κ3) is 4.85. The van der Waals surface area contributed by atoms with E-state index < -0.39 is 0 Å². The maximum absolute atomic E-state index is 11.1. The smallest absolute Gasteiger partial charge is 0.217 e. The fourth-order valence-corrected chi connectivity index (χ4v) is 3.12. The van der Waals surface area contributed by atoms with Crippen LogP contribution in [0.3, 0.4) is 0 Å². The molecule has 1 atom stereocenters. The number of ether oxygens (including phenoxy) is 2. The molecule has 0 radical (unpaired) electrons. The quantitative estimate of drug-likeness (QED) is 0.823. The Bertz CT molecular complexity index is 733. The van der Waals surface area contributed by atoms with E-state index in [1.165, 1.54) is 11.1 Å². The number of hydrogen-bond acceptors (Lipinski definition) is 3. The van der Waals surface area contributed by atoms with Crippen molar-refractivity contribution < 1.29 is 14.3 Å². The van der Waals surface area contributed by atoms with Gasteiger partial charge in [-0.3, -0.25) is 4.79 Å². The van der Waals surface area contributed by atoms with E-state index in [1.807, 2.05) is 19.1 Å². The highest BCUT2D eigenvalue weighted by molar-refractivity contribution is 5.73. The summed E-state index contributed by atoms with van der Waals surface area (Å²) >= 11 is 0. The first kappa shape index (κ1) is 18.5. The summed E-state index contributed by atoms with van der Waals surface area (Å²) in [5.41, 5.74) is 3.71. The van der Waals surface area contributed by atoms with Crippen LogP contribution in [-0.2, 0) is 16.0 Å². The Balaban J connectivity index is 1.57. The lowest BCUT2D eigenvalue weighted by molar-refractivity contribution is -0.120. The summed E-state index contributed by atoms with van der Waals surface area (Å²) in [4.78, 5) is 11.1. The second-order valence-corrected chi connectivity index (χ2v) is 7.62. The second kappa shape index (κ2) is 7.92. The molecule has 0 saturated carbocycles. The number of hydrogen-bond donors (Lipinski definition) is 1. The van der Waals surface area contributed by atoms with E-state index in [0.29, 0.717) is 6.61 Å². The molecule has 1 aliphatic heterocycles. The van der Waals surface area contributed by atoms with Crippen LogP contribution in [0.25, 0.3) is 11.1 Å². The molecule has 26 heavy (non-hydrogen) atoms. The molecule has 1 saturated heterocycles. The van der Waals surface area contributed by atoms with Crippen molar-refractivity contribution >= 4 is 5.91 Å². The second-order valence-electron chi connectivity index (χ2n) is 7.62. The van der Waals surface area contributed by atoms with Crippen molar-refractivity contribution in [2.24, 2.45) is 5.41 Å². The maximum Gasteiger partial charge on any atom is 0.217 e. The van der Waals surface area contributed by atoms with Crippen LogP contribution in [0.4, 0.5) is 0 Å². The lowest BCUT2D eigenvalue weighted by Crippen LogP contribution is -2.44. The van der Waals surface area contributed by atoms with Gasteiger partial charge in [-0.05, 0) is 42.2 Å². The molecule has 0 bridgehead atoms. The summed E-state index contributed by atoms with van der Waals surface area (Å²) in [6, 6.07) is 16.8. The Labute approximate surface area is 155 Å². The molecule has 4 heteroatoms. The van der Waals surface area contributed by atoms with E-state index in [2.05, 4.69) is 48.6 Å². The van der Waals surface area contributed by atoms with Crippen molar-refractivity contribution in [2.45, 2.75) is 33.2 Å². The summed E-state index contributed by atoms with van der Waals surface area (Å²) in [7, 11) is 0. The average Bonchev–Trinajstić information content (AvgIpc) is 2.59. The molecule has 3 rings (SSSR count). The SMILES string of the molecule is CC(=O)NC(C)Cc1ccc(-c2ccc(OCC3(C)COC3)cc2)cc1. The van der Waals surface area contributed by atoms with Gasteiger partial charge in [0.1, 0.15) is 5.75 Å². The zero-order valence-corrected chi connectivity index (χ0v) is 15.7. The van der Waals surface area contributed by atoms with Crippen molar-refractivity contribution in [3.8, 4) is 16.9 Å². The van der Waals surface area contributed by atoms with Crippen LogP contribution in [0.5, 0.6) is 5.75 Å². The molecular weight excluding hydrogens is 326 g/mol. The topological polar surface area (TPSA) is 47.6 Å². The summed E-state index contributed by atoms with van der Waals surface area (Å²) in [5.74, 6) is 0.901. The normalized spacial score (nSPS) is 16.4. The van der Waals surface area contributed by atoms with Crippen LogP contribution >= 0.6 is 0 Å². The largest absolute Gasteiger partial charge is 0.493 e. The summed E-state index contributed by atoms with van der Waals surface area (Å²) in [6.45, 7) is 7.99. The first-order chi connectivity index (χ1) is 12.4. The van der Waals surface area contributed by atoms with Crippen molar-refractivity contribution in [3.05, 3.63) is 54.1 Å². The molecule has 0 aliphatic carbocycles. The van der Waals surface area contributed by atoms with Gasteiger partial charge in [0.05, 0.1) is 19.8 Å². The van der Waals surface area contributed by atoms with Crippen LogP contribution in [0, 0.1) is 5.41 Å².